The molecular formula is C18H16FNO3. The molecular weight excluding hydrogens is 297 g/mol. The van der Waals surface area contributed by atoms with Crippen LogP contribution < -0.4 is 5.73 Å². The molecule has 23 heavy (non-hydrogen) atoms. The van der Waals surface area contributed by atoms with Crippen LogP contribution in [0.5, 0.6) is 0 Å². The molecule has 2 aromatic carbocycles. The molecule has 3 aromatic rings. The average molecular weight is 313 g/mol. The highest BCUT2D eigenvalue weighted by atomic mass is 19.1. The number of aryl methyl sites for hydroxylation is 1. The van der Waals surface area contributed by atoms with E-state index in [9.17, 15) is 9.18 Å². The predicted octanol–water partition coefficient (Wildman–Crippen LogP) is 4.31. The summed E-state index contributed by atoms with van der Waals surface area (Å²) in [5, 5.41) is 0.634. The van der Waals surface area contributed by atoms with E-state index >= 15 is 0 Å². The highest BCUT2D eigenvalue weighted by molar-refractivity contribution is 6.09. The van der Waals surface area contributed by atoms with E-state index in [4.69, 9.17) is 14.9 Å². The lowest BCUT2D eigenvalue weighted by atomic mass is 10.0. The van der Waals surface area contributed by atoms with Gasteiger partial charge in [-0.3, -0.25) is 0 Å². The fourth-order valence-corrected chi connectivity index (χ4v) is 2.48. The van der Waals surface area contributed by atoms with Crippen molar-refractivity contribution in [2.45, 2.75) is 13.8 Å². The Hall–Kier alpha value is -2.82. The van der Waals surface area contributed by atoms with Gasteiger partial charge in [0.1, 0.15) is 22.7 Å². The zero-order valence-electron chi connectivity index (χ0n) is 12.9. The number of hydrogen-bond acceptors (Lipinski definition) is 4. The molecule has 0 radical (unpaired) electrons. The van der Waals surface area contributed by atoms with Gasteiger partial charge in [-0.05, 0) is 49.7 Å². The number of benzene rings is 2. The average Bonchev–Trinajstić information content (AvgIpc) is 2.87. The molecule has 0 amide bonds. The summed E-state index contributed by atoms with van der Waals surface area (Å²) in [5.41, 5.74) is 8.76. The molecule has 0 aliphatic heterocycles. The van der Waals surface area contributed by atoms with Gasteiger partial charge < -0.3 is 14.9 Å². The smallest absolute Gasteiger partial charge is 0.342 e. The van der Waals surface area contributed by atoms with Gasteiger partial charge in [0.2, 0.25) is 0 Å². The maximum atomic E-state index is 13.2. The van der Waals surface area contributed by atoms with Crippen LogP contribution in [0.25, 0.3) is 22.3 Å². The van der Waals surface area contributed by atoms with Crippen molar-refractivity contribution in [3.63, 3.8) is 0 Å². The van der Waals surface area contributed by atoms with Crippen LogP contribution in [0.1, 0.15) is 22.8 Å². The number of carbonyl (C=O) groups excluding carboxylic acids is 1. The molecule has 1 heterocycles. The molecule has 118 valence electrons. The molecule has 2 N–H and O–H groups in total. The number of fused-ring (bicyclic) bond motifs is 1. The molecule has 0 saturated heterocycles. The molecule has 0 spiro atoms. The number of anilines is 1. The van der Waals surface area contributed by atoms with Crippen LogP contribution in [0.15, 0.2) is 40.8 Å². The fraction of sp³-hybridized carbons (Fsp3) is 0.167. The number of nitrogen functional groups attached to an aromatic ring is 1. The number of rotatable bonds is 3. The van der Waals surface area contributed by atoms with E-state index in [1.54, 1.807) is 31.2 Å². The summed E-state index contributed by atoms with van der Waals surface area (Å²) >= 11 is 0. The van der Waals surface area contributed by atoms with E-state index < -0.39 is 5.97 Å². The van der Waals surface area contributed by atoms with Gasteiger partial charge in [-0.1, -0.05) is 0 Å². The first-order chi connectivity index (χ1) is 11.0. The Kier molecular flexibility index (Phi) is 3.78. The quantitative estimate of drug-likeness (QED) is 0.578. The van der Waals surface area contributed by atoms with Crippen molar-refractivity contribution in [1.82, 2.24) is 0 Å². The Balaban J connectivity index is 2.29. The van der Waals surface area contributed by atoms with Crippen LogP contribution in [0, 0.1) is 12.7 Å². The monoisotopic (exact) mass is 313 g/mol. The number of halogens is 1. The Labute approximate surface area is 132 Å². The highest BCUT2D eigenvalue weighted by Gasteiger charge is 2.23. The number of hydrogen-bond donors (Lipinski definition) is 1. The summed E-state index contributed by atoms with van der Waals surface area (Å²) in [4.78, 5) is 12.4. The number of esters is 1. The first-order valence-electron chi connectivity index (χ1n) is 7.27. The van der Waals surface area contributed by atoms with Crippen molar-refractivity contribution in [2.75, 3.05) is 12.3 Å². The van der Waals surface area contributed by atoms with E-state index in [1.807, 2.05) is 6.92 Å². The lowest BCUT2D eigenvalue weighted by Crippen LogP contribution is -2.05. The summed E-state index contributed by atoms with van der Waals surface area (Å²) in [5.74, 6) is -0.485. The number of nitrogens with two attached hydrogens (primary N) is 1. The molecule has 0 aliphatic rings. The summed E-state index contributed by atoms with van der Waals surface area (Å²) in [7, 11) is 0. The van der Waals surface area contributed by atoms with Gasteiger partial charge in [0.15, 0.2) is 0 Å². The van der Waals surface area contributed by atoms with Crippen LogP contribution in [-0.4, -0.2) is 12.6 Å². The number of furan rings is 1. The van der Waals surface area contributed by atoms with Crippen LogP contribution in [-0.2, 0) is 4.74 Å². The zero-order valence-corrected chi connectivity index (χ0v) is 12.9. The minimum atomic E-state index is -0.477. The molecule has 1 aromatic heterocycles. The van der Waals surface area contributed by atoms with Gasteiger partial charge in [0, 0.05) is 22.7 Å². The molecule has 0 unspecified atom stereocenters. The fourth-order valence-electron chi connectivity index (χ4n) is 2.48. The largest absolute Gasteiger partial charge is 0.462 e. The van der Waals surface area contributed by atoms with Crippen LogP contribution >= 0.6 is 0 Å². The minimum absolute atomic E-state index is 0.252. The van der Waals surface area contributed by atoms with E-state index in [2.05, 4.69) is 0 Å². The lowest BCUT2D eigenvalue weighted by Gasteiger charge is -2.04. The Morgan fingerprint density at radius 2 is 1.96 bits per heavy atom. The normalized spacial score (nSPS) is 10.9. The molecule has 3 rings (SSSR count). The molecule has 0 bridgehead atoms. The van der Waals surface area contributed by atoms with Crippen LogP contribution in [0.4, 0.5) is 10.1 Å². The molecule has 0 fully saturated rings. The van der Waals surface area contributed by atoms with Crippen molar-refractivity contribution in [1.29, 1.82) is 0 Å². The predicted molar refractivity (Wildman–Crippen MR) is 86.7 cm³/mol. The summed E-state index contributed by atoms with van der Waals surface area (Å²) in [6.45, 7) is 3.84. The lowest BCUT2D eigenvalue weighted by molar-refractivity contribution is 0.0529. The van der Waals surface area contributed by atoms with E-state index in [0.717, 1.165) is 5.56 Å². The maximum absolute atomic E-state index is 13.2. The van der Waals surface area contributed by atoms with Gasteiger partial charge in [-0.15, -0.1) is 0 Å². The minimum Gasteiger partial charge on any atom is -0.462 e. The molecule has 4 nitrogen and oxygen atoms in total. The van der Waals surface area contributed by atoms with Gasteiger partial charge in [0.25, 0.3) is 0 Å². The van der Waals surface area contributed by atoms with Crippen molar-refractivity contribution in [3.05, 3.63) is 53.3 Å². The number of ether oxygens (including phenoxy) is 1. The SMILES string of the molecule is CCOC(=O)c1c(-c2ccc(F)cc2)oc2cc(N)c(C)cc12. The first kappa shape index (κ1) is 15.1. The Morgan fingerprint density at radius 3 is 2.61 bits per heavy atom. The Morgan fingerprint density at radius 1 is 1.26 bits per heavy atom. The molecule has 0 aliphatic carbocycles. The van der Waals surface area contributed by atoms with E-state index in [1.165, 1.54) is 12.1 Å². The van der Waals surface area contributed by atoms with E-state index in [-0.39, 0.29) is 12.4 Å². The van der Waals surface area contributed by atoms with Crippen molar-refractivity contribution >= 4 is 22.6 Å². The topological polar surface area (TPSA) is 65.5 Å². The van der Waals surface area contributed by atoms with Gasteiger partial charge in [-0.2, -0.15) is 0 Å². The number of carbonyl (C=O) groups is 1. The van der Waals surface area contributed by atoms with Crippen molar-refractivity contribution in [2.24, 2.45) is 0 Å². The summed E-state index contributed by atoms with van der Waals surface area (Å²) < 4.78 is 24.1. The second-order valence-corrected chi connectivity index (χ2v) is 5.24. The van der Waals surface area contributed by atoms with Crippen LogP contribution in [0.3, 0.4) is 0 Å². The molecule has 0 saturated carbocycles. The van der Waals surface area contributed by atoms with Crippen molar-refractivity contribution < 1.29 is 18.3 Å². The van der Waals surface area contributed by atoms with E-state index in [0.29, 0.717) is 33.5 Å². The maximum Gasteiger partial charge on any atom is 0.342 e. The van der Waals surface area contributed by atoms with Gasteiger partial charge in [0.05, 0.1) is 6.61 Å². The zero-order chi connectivity index (χ0) is 16.6. The van der Waals surface area contributed by atoms with Gasteiger partial charge in [-0.25, -0.2) is 9.18 Å². The molecule has 5 heteroatoms. The van der Waals surface area contributed by atoms with Crippen molar-refractivity contribution in [3.8, 4) is 11.3 Å². The first-order valence-corrected chi connectivity index (χ1v) is 7.27. The highest BCUT2D eigenvalue weighted by Crippen LogP contribution is 2.36. The second kappa shape index (κ2) is 5.76. The van der Waals surface area contributed by atoms with Gasteiger partial charge >= 0.3 is 5.97 Å². The Bertz CT molecular complexity index is 881. The third kappa shape index (κ3) is 2.65. The van der Waals surface area contributed by atoms with Crippen LogP contribution in [0.2, 0.25) is 0 Å². The third-order valence-corrected chi connectivity index (χ3v) is 3.66. The molecule has 0 atom stereocenters. The standard InChI is InChI=1S/C18H16FNO3/c1-3-22-18(21)16-13-8-10(2)14(20)9-15(13)23-17(16)11-4-6-12(19)7-5-11/h4-9H,3,20H2,1-2H3. The second-order valence-electron chi connectivity index (χ2n) is 5.24. The summed E-state index contributed by atoms with van der Waals surface area (Å²) in [6.07, 6.45) is 0. The third-order valence-electron chi connectivity index (χ3n) is 3.66. The summed E-state index contributed by atoms with van der Waals surface area (Å²) in [6, 6.07) is 9.24.